The van der Waals surface area contributed by atoms with E-state index in [1.807, 2.05) is 32.0 Å². The monoisotopic (exact) mass is 344 g/mol. The third-order valence-electron chi connectivity index (χ3n) is 3.21. The van der Waals surface area contributed by atoms with Crippen molar-refractivity contribution in [3.63, 3.8) is 0 Å². The maximum absolute atomic E-state index is 13.5. The van der Waals surface area contributed by atoms with Crippen LogP contribution in [0.2, 0.25) is 0 Å². The molecule has 25 heavy (non-hydrogen) atoms. The molecule has 1 aromatic heterocycles. The van der Waals surface area contributed by atoms with Crippen LogP contribution < -0.4 is 10.3 Å². The summed E-state index contributed by atoms with van der Waals surface area (Å²) in [6.45, 7) is 3.86. The molecular weight excluding hydrogens is 326 g/mol. The van der Waals surface area contributed by atoms with Gasteiger partial charge in [-0.3, -0.25) is 9.36 Å². The van der Waals surface area contributed by atoms with Gasteiger partial charge in [-0.25, -0.2) is 13.8 Å². The predicted octanol–water partition coefficient (Wildman–Crippen LogP) is 4.12. The molecule has 0 spiro atoms. The van der Waals surface area contributed by atoms with Crippen LogP contribution in [0.25, 0.3) is 5.69 Å². The number of hydrogen-bond donors (Lipinski definition) is 0. The van der Waals surface area contributed by atoms with E-state index in [0.29, 0.717) is 5.69 Å². The molecule has 0 amide bonds. The third kappa shape index (κ3) is 4.73. The molecule has 0 N–H and O–H groups in total. The molecule has 0 atom stereocenters. The summed E-state index contributed by atoms with van der Waals surface area (Å²) in [7, 11) is 0. The van der Waals surface area contributed by atoms with E-state index in [0.717, 1.165) is 12.1 Å². The molecule has 6 heteroatoms. The van der Waals surface area contributed by atoms with Gasteiger partial charge in [0.05, 0.1) is 11.8 Å². The van der Waals surface area contributed by atoms with Crippen molar-refractivity contribution in [2.75, 3.05) is 0 Å². The van der Waals surface area contributed by atoms with Crippen molar-refractivity contribution in [2.45, 2.75) is 20.5 Å². The minimum atomic E-state index is -0.706. The largest absolute Gasteiger partial charge is 0.473 e. The number of rotatable bonds is 4. The Bertz CT molecular complexity index is 880. The zero-order chi connectivity index (χ0) is 18.2. The average molecular weight is 344 g/mol. The summed E-state index contributed by atoms with van der Waals surface area (Å²) in [6, 6.07) is 13.4. The van der Waals surface area contributed by atoms with E-state index in [1.54, 1.807) is 12.1 Å². The van der Waals surface area contributed by atoms with Gasteiger partial charge in [0.2, 0.25) is 5.88 Å². The summed E-state index contributed by atoms with van der Waals surface area (Å²) < 4.78 is 33.0. The maximum atomic E-state index is 13.5. The van der Waals surface area contributed by atoms with Crippen molar-refractivity contribution in [1.82, 2.24) is 9.55 Å². The molecule has 3 aromatic rings. The van der Waals surface area contributed by atoms with Gasteiger partial charge in [-0.2, -0.15) is 0 Å². The Morgan fingerprint density at radius 3 is 2.40 bits per heavy atom. The molecule has 130 valence electrons. The summed E-state index contributed by atoms with van der Waals surface area (Å²) in [5.41, 5.74) is 0.544. The van der Waals surface area contributed by atoms with Gasteiger partial charge in [-0.05, 0) is 24.3 Å². The first kappa shape index (κ1) is 18.3. The van der Waals surface area contributed by atoms with Crippen LogP contribution in [0.15, 0.2) is 65.7 Å². The fourth-order valence-electron chi connectivity index (χ4n) is 2.04. The summed E-state index contributed by atoms with van der Waals surface area (Å²) >= 11 is 0. The first-order valence-corrected chi connectivity index (χ1v) is 7.84. The van der Waals surface area contributed by atoms with Crippen molar-refractivity contribution < 1.29 is 13.5 Å². The quantitative estimate of drug-likeness (QED) is 0.715. The van der Waals surface area contributed by atoms with Crippen LogP contribution in [0.4, 0.5) is 8.78 Å². The number of halogens is 2. The molecule has 3 rings (SSSR count). The second-order valence-corrected chi connectivity index (χ2v) is 4.80. The Kier molecular flexibility index (Phi) is 6.39. The van der Waals surface area contributed by atoms with Gasteiger partial charge in [0.15, 0.2) is 0 Å². The Labute approximate surface area is 144 Å². The van der Waals surface area contributed by atoms with Crippen LogP contribution >= 0.6 is 0 Å². The average Bonchev–Trinajstić information content (AvgIpc) is 2.63. The van der Waals surface area contributed by atoms with Crippen LogP contribution in [0.1, 0.15) is 19.4 Å². The Morgan fingerprint density at radius 1 is 1.04 bits per heavy atom. The minimum absolute atomic E-state index is 0.0749. The molecule has 4 nitrogen and oxygen atoms in total. The van der Waals surface area contributed by atoms with Crippen molar-refractivity contribution in [3.8, 4) is 11.6 Å². The van der Waals surface area contributed by atoms with Gasteiger partial charge in [0, 0.05) is 11.6 Å². The lowest BCUT2D eigenvalue weighted by Gasteiger charge is -2.08. The fourth-order valence-corrected chi connectivity index (χ4v) is 2.04. The number of ether oxygens (including phenoxy) is 1. The first-order chi connectivity index (χ1) is 12.1. The van der Waals surface area contributed by atoms with Crippen LogP contribution in [0.3, 0.4) is 0 Å². The number of hydrogen-bond acceptors (Lipinski definition) is 3. The molecule has 0 aliphatic rings. The van der Waals surface area contributed by atoms with Crippen molar-refractivity contribution in [2.24, 2.45) is 0 Å². The van der Waals surface area contributed by atoms with E-state index in [9.17, 15) is 13.6 Å². The van der Waals surface area contributed by atoms with E-state index in [4.69, 9.17) is 4.74 Å². The number of aromatic nitrogens is 2. The van der Waals surface area contributed by atoms with E-state index < -0.39 is 11.6 Å². The normalized spacial score (nSPS) is 9.92. The van der Waals surface area contributed by atoms with Gasteiger partial charge in [0.1, 0.15) is 24.6 Å². The Morgan fingerprint density at radius 2 is 1.76 bits per heavy atom. The topological polar surface area (TPSA) is 44.1 Å². The Balaban J connectivity index is 0.00000109. The van der Waals surface area contributed by atoms with E-state index in [-0.39, 0.29) is 23.6 Å². The lowest BCUT2D eigenvalue weighted by Crippen LogP contribution is -2.18. The first-order valence-electron chi connectivity index (χ1n) is 7.84. The van der Waals surface area contributed by atoms with Crippen molar-refractivity contribution in [1.29, 1.82) is 0 Å². The minimum Gasteiger partial charge on any atom is -0.473 e. The second kappa shape index (κ2) is 8.73. The molecule has 0 aliphatic carbocycles. The van der Waals surface area contributed by atoms with Crippen LogP contribution in [0, 0.1) is 11.6 Å². The SMILES string of the molecule is CC.O=c1cc(OCc2ccc(F)cc2F)ncn1-c1ccccc1. The Hall–Kier alpha value is -3.02. The van der Waals surface area contributed by atoms with Crippen LogP contribution in [0.5, 0.6) is 5.88 Å². The number of benzene rings is 2. The molecular formula is C19H18F2N2O2. The number of para-hydroxylation sites is 1. The molecule has 0 radical (unpaired) electrons. The highest BCUT2D eigenvalue weighted by Gasteiger charge is 2.07. The molecule has 0 saturated carbocycles. The lowest BCUT2D eigenvalue weighted by atomic mass is 10.2. The van der Waals surface area contributed by atoms with Gasteiger partial charge in [-0.1, -0.05) is 32.0 Å². The van der Waals surface area contributed by atoms with Crippen molar-refractivity contribution >= 4 is 0 Å². The zero-order valence-corrected chi connectivity index (χ0v) is 13.9. The fraction of sp³-hybridized carbons (Fsp3) is 0.158. The molecule has 0 unspecified atom stereocenters. The highest BCUT2D eigenvalue weighted by atomic mass is 19.1. The third-order valence-corrected chi connectivity index (χ3v) is 3.21. The van der Waals surface area contributed by atoms with E-state index >= 15 is 0 Å². The van der Waals surface area contributed by atoms with Crippen molar-refractivity contribution in [3.05, 3.63) is 88.5 Å². The van der Waals surface area contributed by atoms with Gasteiger partial charge < -0.3 is 4.74 Å². The number of nitrogens with zero attached hydrogens (tertiary/aromatic N) is 2. The lowest BCUT2D eigenvalue weighted by molar-refractivity contribution is 0.286. The molecule has 0 saturated heterocycles. The maximum Gasteiger partial charge on any atom is 0.261 e. The van der Waals surface area contributed by atoms with Gasteiger partial charge in [0.25, 0.3) is 5.56 Å². The predicted molar refractivity (Wildman–Crippen MR) is 91.9 cm³/mol. The molecule has 2 aromatic carbocycles. The van der Waals surface area contributed by atoms with Crippen LogP contribution in [-0.4, -0.2) is 9.55 Å². The molecule has 0 bridgehead atoms. The zero-order valence-electron chi connectivity index (χ0n) is 13.9. The summed E-state index contributed by atoms with van der Waals surface area (Å²) in [5, 5.41) is 0. The summed E-state index contributed by atoms with van der Waals surface area (Å²) in [4.78, 5) is 16.1. The highest BCUT2D eigenvalue weighted by molar-refractivity contribution is 5.31. The van der Waals surface area contributed by atoms with Crippen LogP contribution in [-0.2, 0) is 6.61 Å². The summed E-state index contributed by atoms with van der Waals surface area (Å²) in [6.07, 6.45) is 1.34. The van der Waals surface area contributed by atoms with Gasteiger partial charge in [-0.15, -0.1) is 0 Å². The molecule has 0 fully saturated rings. The van der Waals surface area contributed by atoms with E-state index in [2.05, 4.69) is 4.98 Å². The van der Waals surface area contributed by atoms with E-state index in [1.165, 1.54) is 23.0 Å². The smallest absolute Gasteiger partial charge is 0.261 e. The molecule has 1 heterocycles. The summed E-state index contributed by atoms with van der Waals surface area (Å²) in [5.74, 6) is -1.29. The van der Waals surface area contributed by atoms with Gasteiger partial charge >= 0.3 is 0 Å². The highest BCUT2D eigenvalue weighted by Crippen LogP contribution is 2.13. The second-order valence-electron chi connectivity index (χ2n) is 4.80. The standard InChI is InChI=1S/C17H12F2N2O2.C2H6/c18-13-7-6-12(15(19)8-13)10-23-16-9-17(22)21(11-20-16)14-4-2-1-3-5-14;1-2/h1-9,11H,10H2;1-2H3. The molecule has 0 aliphatic heterocycles.